The van der Waals surface area contributed by atoms with Gasteiger partial charge in [-0.3, -0.25) is 0 Å². The lowest BCUT2D eigenvalue weighted by Crippen LogP contribution is -2.19. The Morgan fingerprint density at radius 1 is 1.25 bits per heavy atom. The van der Waals surface area contributed by atoms with Crippen LogP contribution in [0.25, 0.3) is 11.3 Å². The molecule has 1 aromatic carbocycles. The number of hydrogen-bond donors (Lipinski definition) is 1. The van der Waals surface area contributed by atoms with Gasteiger partial charge >= 0.3 is 0 Å². The van der Waals surface area contributed by atoms with Crippen molar-refractivity contribution in [2.75, 3.05) is 13.7 Å². The Hall–Kier alpha value is -1.81. The number of methoxy groups -OCH3 is 1. The summed E-state index contributed by atoms with van der Waals surface area (Å²) >= 11 is 0. The van der Waals surface area contributed by atoms with Crippen molar-refractivity contribution in [2.45, 2.75) is 27.3 Å². The minimum atomic E-state index is 0.628. The Labute approximate surface area is 120 Å². The molecule has 2 rings (SSSR count). The zero-order valence-corrected chi connectivity index (χ0v) is 12.6. The van der Waals surface area contributed by atoms with Crippen LogP contribution in [-0.4, -0.2) is 18.8 Å². The lowest BCUT2D eigenvalue weighted by atomic mass is 10.1. The lowest BCUT2D eigenvalue weighted by molar-refractivity contribution is 0.413. The first-order valence-corrected chi connectivity index (χ1v) is 6.92. The predicted octanol–water partition coefficient (Wildman–Crippen LogP) is 3.40. The van der Waals surface area contributed by atoms with Gasteiger partial charge in [0.2, 0.25) is 0 Å². The van der Waals surface area contributed by atoms with E-state index in [4.69, 9.17) is 9.26 Å². The quantitative estimate of drug-likeness (QED) is 0.877. The van der Waals surface area contributed by atoms with Gasteiger partial charge in [-0.2, -0.15) is 0 Å². The SMILES string of the molecule is COc1ccc(-c2onc(CNCC(C)C)c2C)cc1. The first-order valence-electron chi connectivity index (χ1n) is 6.92. The Morgan fingerprint density at radius 2 is 1.95 bits per heavy atom. The van der Waals surface area contributed by atoms with Crippen molar-refractivity contribution in [3.63, 3.8) is 0 Å². The molecule has 4 nitrogen and oxygen atoms in total. The first-order chi connectivity index (χ1) is 9.61. The van der Waals surface area contributed by atoms with Crippen molar-refractivity contribution < 1.29 is 9.26 Å². The van der Waals surface area contributed by atoms with Crippen molar-refractivity contribution >= 4 is 0 Å². The van der Waals surface area contributed by atoms with E-state index < -0.39 is 0 Å². The third-order valence-electron chi connectivity index (χ3n) is 3.22. The maximum atomic E-state index is 5.48. The van der Waals surface area contributed by atoms with Gasteiger partial charge in [-0.1, -0.05) is 19.0 Å². The molecular formula is C16H22N2O2. The number of nitrogens with zero attached hydrogens (tertiary/aromatic N) is 1. The number of ether oxygens (including phenoxy) is 1. The molecule has 0 atom stereocenters. The number of benzene rings is 1. The highest BCUT2D eigenvalue weighted by Gasteiger charge is 2.13. The van der Waals surface area contributed by atoms with Crippen LogP contribution >= 0.6 is 0 Å². The van der Waals surface area contributed by atoms with E-state index in [1.165, 1.54) is 0 Å². The van der Waals surface area contributed by atoms with Crippen LogP contribution in [0.3, 0.4) is 0 Å². The fourth-order valence-electron chi connectivity index (χ4n) is 2.02. The molecule has 108 valence electrons. The molecule has 0 unspecified atom stereocenters. The summed E-state index contributed by atoms with van der Waals surface area (Å²) in [5.74, 6) is 2.29. The van der Waals surface area contributed by atoms with E-state index in [0.29, 0.717) is 5.92 Å². The molecule has 0 fully saturated rings. The largest absolute Gasteiger partial charge is 0.497 e. The summed E-state index contributed by atoms with van der Waals surface area (Å²) < 4.78 is 10.6. The van der Waals surface area contributed by atoms with E-state index in [9.17, 15) is 0 Å². The van der Waals surface area contributed by atoms with Gasteiger partial charge in [-0.05, 0) is 43.7 Å². The standard InChI is InChI=1S/C16H22N2O2/c1-11(2)9-17-10-15-12(3)16(20-18-15)13-5-7-14(19-4)8-6-13/h5-8,11,17H,9-10H2,1-4H3. The van der Waals surface area contributed by atoms with Crippen LogP contribution in [0.2, 0.25) is 0 Å². The number of aromatic nitrogens is 1. The summed E-state index contributed by atoms with van der Waals surface area (Å²) in [5, 5.41) is 7.55. The van der Waals surface area contributed by atoms with Crippen LogP contribution in [0.5, 0.6) is 5.75 Å². The van der Waals surface area contributed by atoms with Crippen LogP contribution in [-0.2, 0) is 6.54 Å². The van der Waals surface area contributed by atoms with Crippen LogP contribution < -0.4 is 10.1 Å². The monoisotopic (exact) mass is 274 g/mol. The topological polar surface area (TPSA) is 47.3 Å². The molecular weight excluding hydrogens is 252 g/mol. The van der Waals surface area contributed by atoms with Crippen LogP contribution in [0, 0.1) is 12.8 Å². The van der Waals surface area contributed by atoms with Gasteiger partial charge in [-0.15, -0.1) is 0 Å². The molecule has 0 amide bonds. The molecule has 0 saturated carbocycles. The lowest BCUT2D eigenvalue weighted by Gasteiger charge is -2.05. The van der Waals surface area contributed by atoms with E-state index in [1.54, 1.807) is 7.11 Å². The number of nitrogens with one attached hydrogen (secondary N) is 1. The summed E-state index contributed by atoms with van der Waals surface area (Å²) in [6.45, 7) is 8.13. The summed E-state index contributed by atoms with van der Waals surface area (Å²) in [4.78, 5) is 0. The second-order valence-corrected chi connectivity index (χ2v) is 5.34. The maximum Gasteiger partial charge on any atom is 0.170 e. The summed E-state index contributed by atoms with van der Waals surface area (Å²) in [6, 6.07) is 7.82. The Morgan fingerprint density at radius 3 is 2.55 bits per heavy atom. The van der Waals surface area contributed by atoms with Crippen molar-refractivity contribution in [1.29, 1.82) is 0 Å². The minimum absolute atomic E-state index is 0.628. The summed E-state index contributed by atoms with van der Waals surface area (Å²) in [7, 11) is 1.66. The molecule has 0 radical (unpaired) electrons. The average molecular weight is 274 g/mol. The highest BCUT2D eigenvalue weighted by atomic mass is 16.5. The third kappa shape index (κ3) is 3.39. The van der Waals surface area contributed by atoms with Crippen LogP contribution in [0.4, 0.5) is 0 Å². The first kappa shape index (κ1) is 14.6. The van der Waals surface area contributed by atoms with Gasteiger partial charge < -0.3 is 14.6 Å². The summed E-state index contributed by atoms with van der Waals surface area (Å²) in [5.41, 5.74) is 3.08. The van der Waals surface area contributed by atoms with E-state index in [0.717, 1.165) is 41.4 Å². The van der Waals surface area contributed by atoms with Crippen molar-refractivity contribution in [2.24, 2.45) is 5.92 Å². The van der Waals surface area contributed by atoms with Crippen molar-refractivity contribution in [3.8, 4) is 17.1 Å². The molecule has 4 heteroatoms. The molecule has 0 spiro atoms. The van der Waals surface area contributed by atoms with Gasteiger partial charge in [0.25, 0.3) is 0 Å². The molecule has 1 aromatic heterocycles. The molecule has 0 saturated heterocycles. The van der Waals surface area contributed by atoms with Gasteiger partial charge in [-0.25, -0.2) is 0 Å². The molecule has 0 aliphatic heterocycles. The Bertz CT molecular complexity index is 544. The second kappa shape index (κ2) is 6.57. The van der Waals surface area contributed by atoms with Crippen LogP contribution in [0.1, 0.15) is 25.1 Å². The number of hydrogen-bond acceptors (Lipinski definition) is 4. The molecule has 0 aliphatic carbocycles. The molecule has 20 heavy (non-hydrogen) atoms. The molecule has 1 N–H and O–H groups in total. The number of rotatable bonds is 6. The average Bonchev–Trinajstić information content (AvgIpc) is 2.80. The van der Waals surface area contributed by atoms with E-state index >= 15 is 0 Å². The smallest absolute Gasteiger partial charge is 0.170 e. The molecule has 0 bridgehead atoms. The maximum absolute atomic E-state index is 5.48. The van der Waals surface area contributed by atoms with Gasteiger partial charge in [0, 0.05) is 17.7 Å². The Balaban J connectivity index is 2.11. The van der Waals surface area contributed by atoms with E-state index in [1.807, 2.05) is 31.2 Å². The highest BCUT2D eigenvalue weighted by Crippen LogP contribution is 2.27. The van der Waals surface area contributed by atoms with Gasteiger partial charge in [0.15, 0.2) is 5.76 Å². The zero-order chi connectivity index (χ0) is 14.5. The van der Waals surface area contributed by atoms with Crippen molar-refractivity contribution in [3.05, 3.63) is 35.5 Å². The molecule has 2 aromatic rings. The minimum Gasteiger partial charge on any atom is -0.497 e. The fourth-order valence-corrected chi connectivity index (χ4v) is 2.02. The van der Waals surface area contributed by atoms with Gasteiger partial charge in [0.1, 0.15) is 11.4 Å². The Kier molecular flexibility index (Phi) is 4.79. The normalized spacial score (nSPS) is 11.1. The van der Waals surface area contributed by atoms with E-state index in [2.05, 4.69) is 24.3 Å². The van der Waals surface area contributed by atoms with Crippen molar-refractivity contribution in [1.82, 2.24) is 10.5 Å². The molecule has 1 heterocycles. The highest BCUT2D eigenvalue weighted by molar-refractivity contribution is 5.62. The van der Waals surface area contributed by atoms with E-state index in [-0.39, 0.29) is 0 Å². The second-order valence-electron chi connectivity index (χ2n) is 5.34. The predicted molar refractivity (Wildman–Crippen MR) is 79.8 cm³/mol. The van der Waals surface area contributed by atoms with Crippen LogP contribution in [0.15, 0.2) is 28.8 Å². The third-order valence-corrected chi connectivity index (χ3v) is 3.22. The zero-order valence-electron chi connectivity index (χ0n) is 12.6. The van der Waals surface area contributed by atoms with Gasteiger partial charge in [0.05, 0.1) is 7.11 Å². The summed E-state index contributed by atoms with van der Waals surface area (Å²) in [6.07, 6.45) is 0. The fraction of sp³-hybridized carbons (Fsp3) is 0.438. The molecule has 0 aliphatic rings.